The van der Waals surface area contributed by atoms with Crippen LogP contribution < -0.4 is 15.4 Å². The number of alkyl halides is 2. The highest BCUT2D eigenvalue weighted by molar-refractivity contribution is 6.30. The lowest BCUT2D eigenvalue weighted by Crippen LogP contribution is -2.30. The Morgan fingerprint density at radius 2 is 1.83 bits per heavy atom. The van der Waals surface area contributed by atoms with E-state index < -0.39 is 30.8 Å². The van der Waals surface area contributed by atoms with E-state index in [0.717, 1.165) is 6.07 Å². The van der Waals surface area contributed by atoms with Crippen molar-refractivity contribution in [3.05, 3.63) is 65.8 Å². The number of amides is 2. The number of allylic oxidation sites excluding steroid dienone is 1. The molecule has 0 bridgehead atoms. The number of rotatable bonds is 12. The molecule has 0 unspecified atom stereocenters. The van der Waals surface area contributed by atoms with Gasteiger partial charge in [0.05, 0.1) is 5.02 Å². The normalized spacial score (nSPS) is 10.2. The van der Waals surface area contributed by atoms with Crippen molar-refractivity contribution in [2.24, 2.45) is 0 Å². The Labute approximate surface area is 171 Å². The van der Waals surface area contributed by atoms with Gasteiger partial charge in [-0.2, -0.15) is 8.78 Å². The summed E-state index contributed by atoms with van der Waals surface area (Å²) in [6.45, 7) is 6.85. The Hall–Kier alpha value is -2.94. The summed E-state index contributed by atoms with van der Waals surface area (Å²) < 4.78 is 46.6. The van der Waals surface area contributed by atoms with Crippen molar-refractivity contribution < 1.29 is 32.2 Å². The van der Waals surface area contributed by atoms with E-state index >= 15 is 0 Å². The maximum absolute atomic E-state index is 13.3. The molecular weight excluding hydrogens is 413 g/mol. The lowest BCUT2D eigenvalue weighted by molar-refractivity contribution is -0.123. The zero-order valence-corrected chi connectivity index (χ0v) is 16.2. The highest BCUT2D eigenvalue weighted by Crippen LogP contribution is 2.20. The zero-order chi connectivity index (χ0) is 22.0. The van der Waals surface area contributed by atoms with Crippen LogP contribution in [0.3, 0.4) is 0 Å². The lowest BCUT2D eigenvalue weighted by atomic mass is 10.2. The fraction of sp³-hybridized carbons (Fsp3) is 0.263. The van der Waals surface area contributed by atoms with Crippen molar-refractivity contribution in [1.82, 2.24) is 10.6 Å². The van der Waals surface area contributed by atoms with E-state index in [9.17, 15) is 22.8 Å². The molecule has 0 aliphatic heterocycles. The molecule has 0 fully saturated rings. The van der Waals surface area contributed by atoms with E-state index in [1.54, 1.807) is 0 Å². The second kappa shape index (κ2) is 11.8. The van der Waals surface area contributed by atoms with Gasteiger partial charge >= 0.3 is 6.61 Å². The van der Waals surface area contributed by atoms with Crippen LogP contribution in [0.15, 0.2) is 55.0 Å². The molecule has 1 aromatic carbocycles. The van der Waals surface area contributed by atoms with Crippen molar-refractivity contribution in [2.45, 2.75) is 19.5 Å². The van der Waals surface area contributed by atoms with E-state index in [0.29, 0.717) is 0 Å². The molecule has 0 radical (unpaired) electrons. The van der Waals surface area contributed by atoms with E-state index in [1.807, 2.05) is 0 Å². The van der Waals surface area contributed by atoms with Gasteiger partial charge in [0, 0.05) is 30.3 Å². The first-order valence-corrected chi connectivity index (χ1v) is 8.60. The van der Waals surface area contributed by atoms with Crippen LogP contribution in [0.1, 0.15) is 12.8 Å². The SMILES string of the molecule is C=C(CCC(=O)NCC(=C)C(=C)OC(F)F)NC(=O)COc1ccc(Cl)c(F)c1. The standard InChI is InChI=1S/C19H20ClF3N2O4/c1-11(13(3)29-19(22)23)9-24-17(26)7-4-12(2)25-18(27)10-28-14-5-6-15(20)16(21)8-14/h5-6,8,19H,1-4,7,9-10H2,(H,24,26)(H,25,27). The first-order valence-electron chi connectivity index (χ1n) is 8.22. The van der Waals surface area contributed by atoms with Gasteiger partial charge in [0.15, 0.2) is 6.61 Å². The third-order valence-corrected chi connectivity index (χ3v) is 3.66. The summed E-state index contributed by atoms with van der Waals surface area (Å²) in [6.07, 6.45) is 0.117. The summed E-state index contributed by atoms with van der Waals surface area (Å²) in [5, 5.41) is 4.83. The Morgan fingerprint density at radius 1 is 1.14 bits per heavy atom. The van der Waals surface area contributed by atoms with Gasteiger partial charge in [-0.05, 0) is 18.6 Å². The van der Waals surface area contributed by atoms with E-state index in [2.05, 4.69) is 35.1 Å². The Morgan fingerprint density at radius 3 is 2.45 bits per heavy atom. The molecule has 2 N–H and O–H groups in total. The fourth-order valence-corrected chi connectivity index (χ4v) is 1.98. The number of hydrogen-bond donors (Lipinski definition) is 2. The first kappa shape index (κ1) is 24.1. The Balaban J connectivity index is 2.27. The van der Waals surface area contributed by atoms with Crippen molar-refractivity contribution in [3.63, 3.8) is 0 Å². The fourth-order valence-electron chi connectivity index (χ4n) is 1.86. The molecule has 0 heterocycles. The predicted octanol–water partition coefficient (Wildman–Crippen LogP) is 3.69. The van der Waals surface area contributed by atoms with Gasteiger partial charge in [-0.1, -0.05) is 31.3 Å². The molecule has 1 aromatic rings. The van der Waals surface area contributed by atoms with E-state index in [-0.39, 0.29) is 47.2 Å². The minimum atomic E-state index is -3.02. The number of halogens is 4. The number of nitrogens with one attached hydrogen (secondary N) is 2. The monoisotopic (exact) mass is 432 g/mol. The molecule has 29 heavy (non-hydrogen) atoms. The Kier molecular flexibility index (Phi) is 9.81. The molecule has 2 amide bonds. The van der Waals surface area contributed by atoms with E-state index in [1.165, 1.54) is 12.1 Å². The number of ether oxygens (including phenoxy) is 2. The molecule has 6 nitrogen and oxygen atoms in total. The zero-order valence-electron chi connectivity index (χ0n) is 15.4. The van der Waals surface area contributed by atoms with Crippen LogP contribution >= 0.6 is 11.6 Å². The van der Waals surface area contributed by atoms with Crippen LogP contribution in [-0.2, 0) is 14.3 Å². The van der Waals surface area contributed by atoms with Crippen LogP contribution in [0.5, 0.6) is 5.75 Å². The van der Waals surface area contributed by atoms with Gasteiger partial charge in [0.25, 0.3) is 5.91 Å². The molecule has 0 saturated carbocycles. The van der Waals surface area contributed by atoms with E-state index in [4.69, 9.17) is 16.3 Å². The average molecular weight is 433 g/mol. The molecule has 0 saturated heterocycles. The van der Waals surface area contributed by atoms with Crippen molar-refractivity contribution in [3.8, 4) is 5.75 Å². The molecule has 0 aliphatic rings. The van der Waals surface area contributed by atoms with Gasteiger partial charge < -0.3 is 20.1 Å². The van der Waals surface area contributed by atoms with Crippen molar-refractivity contribution >= 4 is 23.4 Å². The van der Waals surface area contributed by atoms with Crippen LogP contribution in [0.4, 0.5) is 13.2 Å². The average Bonchev–Trinajstić information content (AvgIpc) is 2.64. The smallest absolute Gasteiger partial charge is 0.387 e. The summed E-state index contributed by atoms with van der Waals surface area (Å²) in [5.74, 6) is -1.83. The molecule has 0 aromatic heterocycles. The maximum Gasteiger partial charge on any atom is 0.387 e. The third kappa shape index (κ3) is 9.70. The van der Waals surface area contributed by atoms with Gasteiger partial charge in [0.1, 0.15) is 17.3 Å². The summed E-state index contributed by atoms with van der Waals surface area (Å²) >= 11 is 5.55. The van der Waals surface area contributed by atoms with Crippen molar-refractivity contribution in [2.75, 3.05) is 13.2 Å². The molecule has 10 heteroatoms. The summed E-state index contributed by atoms with van der Waals surface area (Å²) in [5.41, 5.74) is 0.363. The number of hydrogen-bond acceptors (Lipinski definition) is 4. The lowest BCUT2D eigenvalue weighted by Gasteiger charge is -2.12. The van der Waals surface area contributed by atoms with Crippen LogP contribution in [-0.4, -0.2) is 31.6 Å². The van der Waals surface area contributed by atoms with Gasteiger partial charge in [-0.15, -0.1) is 0 Å². The predicted molar refractivity (Wildman–Crippen MR) is 102 cm³/mol. The summed E-state index contributed by atoms with van der Waals surface area (Å²) in [7, 11) is 0. The third-order valence-electron chi connectivity index (χ3n) is 3.36. The number of carbonyl (C=O) groups excluding carboxylic acids is 2. The van der Waals surface area contributed by atoms with Crippen LogP contribution in [0.25, 0.3) is 0 Å². The second-order valence-corrected chi connectivity index (χ2v) is 6.11. The van der Waals surface area contributed by atoms with Gasteiger partial charge in [-0.3, -0.25) is 9.59 Å². The quantitative estimate of drug-likeness (QED) is 0.390. The minimum absolute atomic E-state index is 0.0160. The largest absolute Gasteiger partial charge is 0.484 e. The second-order valence-electron chi connectivity index (χ2n) is 5.70. The topological polar surface area (TPSA) is 76.7 Å². The molecule has 1 rings (SSSR count). The van der Waals surface area contributed by atoms with Crippen LogP contribution in [0, 0.1) is 5.82 Å². The summed E-state index contributed by atoms with van der Waals surface area (Å²) in [4.78, 5) is 23.5. The van der Waals surface area contributed by atoms with Gasteiger partial charge in [0.2, 0.25) is 5.91 Å². The number of carbonyl (C=O) groups is 2. The first-order chi connectivity index (χ1) is 13.6. The molecule has 158 valence electrons. The van der Waals surface area contributed by atoms with Crippen LogP contribution in [0.2, 0.25) is 5.02 Å². The molecule has 0 atom stereocenters. The molecule has 0 aliphatic carbocycles. The number of benzene rings is 1. The van der Waals surface area contributed by atoms with Gasteiger partial charge in [-0.25, -0.2) is 4.39 Å². The summed E-state index contributed by atoms with van der Waals surface area (Å²) in [6, 6.07) is 3.75. The minimum Gasteiger partial charge on any atom is -0.484 e. The Bertz CT molecular complexity index is 800. The molecule has 0 spiro atoms. The highest BCUT2D eigenvalue weighted by Gasteiger charge is 2.11. The maximum atomic E-state index is 13.3. The highest BCUT2D eigenvalue weighted by atomic mass is 35.5. The molecular formula is C19H20ClF3N2O4. The van der Waals surface area contributed by atoms with Crippen molar-refractivity contribution in [1.29, 1.82) is 0 Å².